The summed E-state index contributed by atoms with van der Waals surface area (Å²) in [5.74, 6) is -0.0681. The number of fused-ring (bicyclic) bond motifs is 2. The lowest BCUT2D eigenvalue weighted by Gasteiger charge is -2.36. The van der Waals surface area contributed by atoms with Gasteiger partial charge in [0.1, 0.15) is 11.4 Å². The molecule has 0 amide bonds. The van der Waals surface area contributed by atoms with Gasteiger partial charge in [0.2, 0.25) is 0 Å². The van der Waals surface area contributed by atoms with E-state index in [1.54, 1.807) is 11.8 Å². The monoisotopic (exact) mass is 353 g/mol. The fourth-order valence-electron chi connectivity index (χ4n) is 3.67. The largest absolute Gasteiger partial charge is 0.461 e. The molecular weight excluding hydrogens is 330 g/mol. The number of piperidine rings is 1. The SMILES string of the molecule is CCC(Sc1ccc(Cl)cc1)C(=O)OC1C[C@H]2CC[C@@H](C1)N2C. The molecule has 0 aromatic heterocycles. The van der Waals surface area contributed by atoms with Crippen LogP contribution in [0.1, 0.15) is 39.0 Å². The molecule has 1 aromatic carbocycles. The van der Waals surface area contributed by atoms with Crippen LogP contribution >= 0.6 is 23.4 Å². The van der Waals surface area contributed by atoms with Crippen LogP contribution in [0, 0.1) is 0 Å². The van der Waals surface area contributed by atoms with Crippen molar-refractivity contribution in [3.8, 4) is 0 Å². The molecule has 126 valence electrons. The maximum absolute atomic E-state index is 12.5. The van der Waals surface area contributed by atoms with Crippen LogP contribution < -0.4 is 0 Å². The number of carbonyl (C=O) groups excluding carboxylic acids is 1. The normalized spacial score (nSPS) is 28.6. The second-order valence-corrected chi connectivity index (χ2v) is 8.26. The van der Waals surface area contributed by atoms with E-state index in [0.717, 1.165) is 24.2 Å². The molecule has 2 heterocycles. The molecule has 0 spiro atoms. The van der Waals surface area contributed by atoms with E-state index in [1.807, 2.05) is 31.2 Å². The number of hydrogen-bond donors (Lipinski definition) is 0. The van der Waals surface area contributed by atoms with Crippen molar-refractivity contribution in [2.75, 3.05) is 7.05 Å². The molecular formula is C18H24ClNO2S. The number of ether oxygens (including phenoxy) is 1. The van der Waals surface area contributed by atoms with Crippen LogP contribution in [0.3, 0.4) is 0 Å². The Morgan fingerprint density at radius 2 is 1.91 bits per heavy atom. The molecule has 0 aliphatic carbocycles. The Morgan fingerprint density at radius 3 is 2.48 bits per heavy atom. The molecule has 2 aliphatic rings. The van der Waals surface area contributed by atoms with Crippen LogP contribution in [0.25, 0.3) is 0 Å². The number of halogens is 1. The third-order valence-electron chi connectivity index (χ3n) is 5.06. The minimum absolute atomic E-state index is 0.0681. The van der Waals surface area contributed by atoms with Gasteiger partial charge in [-0.15, -0.1) is 11.8 Å². The van der Waals surface area contributed by atoms with Crippen molar-refractivity contribution in [2.24, 2.45) is 0 Å². The highest BCUT2D eigenvalue weighted by molar-refractivity contribution is 8.00. The predicted octanol–water partition coefficient (Wildman–Crippen LogP) is 4.38. The van der Waals surface area contributed by atoms with Crippen molar-refractivity contribution < 1.29 is 9.53 Å². The summed E-state index contributed by atoms with van der Waals surface area (Å²) in [5, 5.41) is 0.570. The molecule has 1 aromatic rings. The van der Waals surface area contributed by atoms with Crippen LogP contribution in [-0.4, -0.2) is 41.4 Å². The zero-order valence-corrected chi connectivity index (χ0v) is 15.3. The van der Waals surface area contributed by atoms with Crippen LogP contribution in [0.5, 0.6) is 0 Å². The molecule has 0 saturated carbocycles. The highest BCUT2D eigenvalue weighted by atomic mass is 35.5. The van der Waals surface area contributed by atoms with Gasteiger partial charge in [-0.05, 0) is 63.4 Å². The molecule has 3 rings (SSSR count). The summed E-state index contributed by atoms with van der Waals surface area (Å²) in [4.78, 5) is 16.1. The Kier molecular flexibility index (Phi) is 5.55. The second-order valence-electron chi connectivity index (χ2n) is 6.55. The summed E-state index contributed by atoms with van der Waals surface area (Å²) in [5.41, 5.74) is 0. The van der Waals surface area contributed by atoms with Gasteiger partial charge in [0.25, 0.3) is 0 Å². The molecule has 2 bridgehead atoms. The summed E-state index contributed by atoms with van der Waals surface area (Å²) in [7, 11) is 2.20. The van der Waals surface area contributed by atoms with Crippen molar-refractivity contribution in [3.05, 3.63) is 29.3 Å². The van der Waals surface area contributed by atoms with Crippen molar-refractivity contribution in [2.45, 2.75) is 67.4 Å². The molecule has 23 heavy (non-hydrogen) atoms. The lowest BCUT2D eigenvalue weighted by atomic mass is 10.0. The molecule has 4 atom stereocenters. The maximum Gasteiger partial charge on any atom is 0.319 e. The third-order valence-corrected chi connectivity index (χ3v) is 6.67. The van der Waals surface area contributed by atoms with Gasteiger partial charge in [0.05, 0.1) is 0 Å². The minimum atomic E-state index is -0.145. The van der Waals surface area contributed by atoms with Crippen LogP contribution in [0.15, 0.2) is 29.2 Å². The number of benzene rings is 1. The average molecular weight is 354 g/mol. The van der Waals surface area contributed by atoms with Crippen molar-refractivity contribution in [1.29, 1.82) is 0 Å². The summed E-state index contributed by atoms with van der Waals surface area (Å²) < 4.78 is 5.86. The van der Waals surface area contributed by atoms with Gasteiger partial charge < -0.3 is 9.64 Å². The van der Waals surface area contributed by atoms with E-state index in [9.17, 15) is 4.79 Å². The quantitative estimate of drug-likeness (QED) is 0.580. The standard InChI is InChI=1S/C18H24ClNO2S/c1-3-17(23-16-8-4-12(19)5-9-16)18(21)22-15-10-13-6-7-14(11-15)20(13)2/h4-5,8-9,13-15,17H,3,6-7,10-11H2,1-2H3/t13-,14+,15?,17?. The van der Waals surface area contributed by atoms with E-state index < -0.39 is 0 Å². The third kappa shape index (κ3) is 4.04. The summed E-state index contributed by atoms with van der Waals surface area (Å²) in [6, 6.07) is 8.82. The van der Waals surface area contributed by atoms with Gasteiger partial charge in [0.15, 0.2) is 0 Å². The molecule has 3 nitrogen and oxygen atoms in total. The number of hydrogen-bond acceptors (Lipinski definition) is 4. The Balaban J connectivity index is 1.56. The van der Waals surface area contributed by atoms with Crippen LogP contribution in [0.4, 0.5) is 0 Å². The fraction of sp³-hybridized carbons (Fsp3) is 0.611. The van der Waals surface area contributed by atoms with E-state index in [4.69, 9.17) is 16.3 Å². The van der Waals surface area contributed by atoms with Gasteiger partial charge in [-0.3, -0.25) is 4.79 Å². The maximum atomic E-state index is 12.5. The molecule has 2 fully saturated rings. The predicted molar refractivity (Wildman–Crippen MR) is 95.1 cm³/mol. The topological polar surface area (TPSA) is 29.5 Å². The zero-order chi connectivity index (χ0) is 16.4. The Morgan fingerprint density at radius 1 is 1.30 bits per heavy atom. The summed E-state index contributed by atoms with van der Waals surface area (Å²) >= 11 is 7.48. The Bertz CT molecular complexity index is 536. The first-order valence-corrected chi connectivity index (χ1v) is 9.67. The Labute approximate surface area is 147 Å². The first kappa shape index (κ1) is 17.1. The summed E-state index contributed by atoms with van der Waals surface area (Å²) in [6.45, 7) is 2.03. The lowest BCUT2D eigenvalue weighted by molar-refractivity contribution is -0.151. The van der Waals surface area contributed by atoms with E-state index in [1.165, 1.54) is 12.8 Å². The average Bonchev–Trinajstić information content (AvgIpc) is 2.75. The van der Waals surface area contributed by atoms with E-state index in [2.05, 4.69) is 11.9 Å². The number of carbonyl (C=O) groups is 1. The zero-order valence-electron chi connectivity index (χ0n) is 13.7. The molecule has 2 aliphatic heterocycles. The second kappa shape index (κ2) is 7.45. The first-order chi connectivity index (χ1) is 11.1. The molecule has 0 radical (unpaired) electrons. The van der Waals surface area contributed by atoms with Gasteiger partial charge in [-0.25, -0.2) is 0 Å². The number of esters is 1. The smallest absolute Gasteiger partial charge is 0.319 e. The molecule has 5 heteroatoms. The highest BCUT2D eigenvalue weighted by Crippen LogP contribution is 2.36. The number of rotatable bonds is 5. The molecule has 0 N–H and O–H groups in total. The van der Waals surface area contributed by atoms with Crippen LogP contribution in [-0.2, 0) is 9.53 Å². The van der Waals surface area contributed by atoms with E-state index >= 15 is 0 Å². The lowest BCUT2D eigenvalue weighted by Crippen LogP contribution is -2.44. The highest BCUT2D eigenvalue weighted by Gasteiger charge is 2.40. The summed E-state index contributed by atoms with van der Waals surface area (Å²) in [6.07, 6.45) is 5.32. The van der Waals surface area contributed by atoms with Gasteiger partial charge in [-0.1, -0.05) is 18.5 Å². The van der Waals surface area contributed by atoms with E-state index in [-0.39, 0.29) is 17.3 Å². The van der Waals surface area contributed by atoms with Gasteiger partial charge in [-0.2, -0.15) is 0 Å². The Hall–Kier alpha value is -0.710. The van der Waals surface area contributed by atoms with Crippen LogP contribution in [0.2, 0.25) is 5.02 Å². The van der Waals surface area contributed by atoms with Crippen molar-refractivity contribution in [3.63, 3.8) is 0 Å². The van der Waals surface area contributed by atoms with E-state index in [0.29, 0.717) is 17.1 Å². The number of nitrogens with zero attached hydrogens (tertiary/aromatic N) is 1. The minimum Gasteiger partial charge on any atom is -0.461 e. The molecule has 2 saturated heterocycles. The molecule has 2 unspecified atom stereocenters. The number of thioether (sulfide) groups is 1. The van der Waals surface area contributed by atoms with Crippen molar-refractivity contribution >= 4 is 29.3 Å². The fourth-order valence-corrected chi connectivity index (χ4v) is 4.74. The first-order valence-electron chi connectivity index (χ1n) is 8.41. The van der Waals surface area contributed by atoms with Gasteiger partial charge >= 0.3 is 5.97 Å². The van der Waals surface area contributed by atoms with Crippen molar-refractivity contribution in [1.82, 2.24) is 4.90 Å². The van der Waals surface area contributed by atoms with Gasteiger partial charge in [0, 0.05) is 22.0 Å².